The second kappa shape index (κ2) is 5.01. The Bertz CT molecular complexity index is 192. The van der Waals surface area contributed by atoms with E-state index in [4.69, 9.17) is 0 Å². The molecule has 1 nitrogen and oxygen atoms in total. The van der Waals surface area contributed by atoms with Crippen LogP contribution >= 0.6 is 0 Å². The minimum Gasteiger partial charge on any atom is -0.376 e. The molecular formula is C12H25NSi. The van der Waals surface area contributed by atoms with Crippen LogP contribution in [-0.2, 0) is 0 Å². The third-order valence-electron chi connectivity index (χ3n) is 3.44. The summed E-state index contributed by atoms with van der Waals surface area (Å²) in [4.78, 5) is 2.52. The van der Waals surface area contributed by atoms with E-state index in [1.165, 1.54) is 50.1 Å². The first-order chi connectivity index (χ1) is 6.55. The molecule has 1 saturated heterocycles. The molecule has 0 radical (unpaired) electrons. The van der Waals surface area contributed by atoms with Gasteiger partial charge in [-0.25, -0.2) is 0 Å². The molecule has 0 aromatic carbocycles. The second-order valence-corrected chi connectivity index (χ2v) is 10.7. The minimum absolute atomic E-state index is 0.966. The van der Waals surface area contributed by atoms with Gasteiger partial charge in [0.25, 0.3) is 0 Å². The maximum absolute atomic E-state index is 4.27. The lowest BCUT2D eigenvalue weighted by Gasteiger charge is -2.33. The Morgan fingerprint density at radius 1 is 1.21 bits per heavy atom. The normalized spacial score (nSPS) is 18.4. The monoisotopic (exact) mass is 211 g/mol. The third kappa shape index (κ3) is 3.49. The summed E-state index contributed by atoms with van der Waals surface area (Å²) in [6, 6.07) is 2.67. The fourth-order valence-electron chi connectivity index (χ4n) is 2.00. The number of hydrogen-bond donors (Lipinski definition) is 0. The molecule has 1 aliphatic rings. The summed E-state index contributed by atoms with van der Waals surface area (Å²) in [7, 11) is -0.966. The van der Waals surface area contributed by atoms with E-state index in [0.717, 1.165) is 0 Å². The summed E-state index contributed by atoms with van der Waals surface area (Å²) >= 11 is 0. The average Bonchev–Trinajstić information content (AvgIpc) is 2.19. The zero-order valence-corrected chi connectivity index (χ0v) is 11.1. The SMILES string of the molecule is C=C(C[Si](C)(C)CC)N1CCCCC1. The summed E-state index contributed by atoms with van der Waals surface area (Å²) in [6.07, 6.45) is 4.15. The molecule has 0 spiro atoms. The van der Waals surface area contributed by atoms with Gasteiger partial charge in [0, 0.05) is 18.8 Å². The molecule has 2 heteroatoms. The predicted molar refractivity (Wildman–Crippen MR) is 67.3 cm³/mol. The molecule has 0 aromatic rings. The molecule has 0 bridgehead atoms. The molecule has 82 valence electrons. The Labute approximate surface area is 90.2 Å². The molecule has 0 aliphatic carbocycles. The molecule has 1 fully saturated rings. The average molecular weight is 211 g/mol. The van der Waals surface area contributed by atoms with Gasteiger partial charge in [-0.2, -0.15) is 0 Å². The largest absolute Gasteiger partial charge is 0.376 e. The number of nitrogens with zero attached hydrogens (tertiary/aromatic N) is 1. The van der Waals surface area contributed by atoms with Gasteiger partial charge in [-0.15, -0.1) is 0 Å². The quantitative estimate of drug-likeness (QED) is 0.641. The molecule has 0 amide bonds. The van der Waals surface area contributed by atoms with Crippen molar-refractivity contribution in [1.82, 2.24) is 4.90 Å². The van der Waals surface area contributed by atoms with Crippen LogP contribution in [-0.4, -0.2) is 26.1 Å². The number of allylic oxidation sites excluding steroid dienone is 1. The Morgan fingerprint density at radius 3 is 2.29 bits per heavy atom. The first-order valence-electron chi connectivity index (χ1n) is 5.98. The predicted octanol–water partition coefficient (Wildman–Crippen LogP) is 3.71. The smallest absolute Gasteiger partial charge is 0.0533 e. The standard InChI is InChI=1S/C12H25NSi/c1-5-14(3,4)11-12(2)13-9-7-6-8-10-13/h2,5-11H2,1,3-4H3. The molecule has 0 unspecified atom stereocenters. The van der Waals surface area contributed by atoms with E-state index in [9.17, 15) is 0 Å². The molecule has 1 rings (SSSR count). The van der Waals surface area contributed by atoms with Crippen molar-refractivity contribution in [3.05, 3.63) is 12.3 Å². The molecule has 14 heavy (non-hydrogen) atoms. The van der Waals surface area contributed by atoms with Gasteiger partial charge in [-0.1, -0.05) is 32.6 Å². The number of likely N-dealkylation sites (tertiary alicyclic amines) is 1. The van der Waals surface area contributed by atoms with E-state index in [-0.39, 0.29) is 0 Å². The fraction of sp³-hybridized carbons (Fsp3) is 0.833. The van der Waals surface area contributed by atoms with Crippen molar-refractivity contribution in [3.8, 4) is 0 Å². The van der Waals surface area contributed by atoms with Crippen LogP contribution in [0.25, 0.3) is 0 Å². The van der Waals surface area contributed by atoms with Crippen LogP contribution in [0.1, 0.15) is 26.2 Å². The summed E-state index contributed by atoms with van der Waals surface area (Å²) in [6.45, 7) is 14.1. The van der Waals surface area contributed by atoms with Gasteiger partial charge in [-0.05, 0) is 25.3 Å². The molecule has 0 N–H and O–H groups in total. The lowest BCUT2D eigenvalue weighted by molar-refractivity contribution is 0.286. The first-order valence-corrected chi connectivity index (χ1v) is 9.39. The van der Waals surface area contributed by atoms with Crippen LogP contribution in [0, 0.1) is 0 Å². The zero-order chi connectivity index (χ0) is 10.6. The maximum Gasteiger partial charge on any atom is 0.0533 e. The summed E-state index contributed by atoms with van der Waals surface area (Å²) in [5.41, 5.74) is 1.42. The number of piperidine rings is 1. The lowest BCUT2D eigenvalue weighted by Crippen LogP contribution is -2.33. The van der Waals surface area contributed by atoms with Gasteiger partial charge in [0.2, 0.25) is 0 Å². The van der Waals surface area contributed by atoms with Crippen molar-refractivity contribution >= 4 is 8.07 Å². The van der Waals surface area contributed by atoms with Gasteiger partial charge in [0.15, 0.2) is 0 Å². The van der Waals surface area contributed by atoms with E-state index in [0.29, 0.717) is 0 Å². The first kappa shape index (κ1) is 11.8. The van der Waals surface area contributed by atoms with E-state index >= 15 is 0 Å². The lowest BCUT2D eigenvalue weighted by atomic mass is 10.1. The van der Waals surface area contributed by atoms with Crippen molar-refractivity contribution in [3.63, 3.8) is 0 Å². The Morgan fingerprint density at radius 2 is 1.79 bits per heavy atom. The van der Waals surface area contributed by atoms with Gasteiger partial charge < -0.3 is 4.90 Å². The van der Waals surface area contributed by atoms with Crippen molar-refractivity contribution in [2.45, 2.75) is 51.4 Å². The second-order valence-electron chi connectivity index (χ2n) is 5.31. The van der Waals surface area contributed by atoms with Gasteiger partial charge in [-0.3, -0.25) is 0 Å². The Hall–Kier alpha value is -0.243. The molecule has 0 aromatic heterocycles. The highest BCUT2D eigenvalue weighted by Gasteiger charge is 2.22. The molecule has 0 atom stereocenters. The highest BCUT2D eigenvalue weighted by Crippen LogP contribution is 2.24. The van der Waals surface area contributed by atoms with E-state index in [1.54, 1.807) is 0 Å². The maximum atomic E-state index is 4.27. The van der Waals surface area contributed by atoms with E-state index in [2.05, 4.69) is 31.5 Å². The molecule has 0 saturated carbocycles. The molecular weight excluding hydrogens is 186 g/mol. The Kier molecular flexibility index (Phi) is 4.23. The van der Waals surface area contributed by atoms with Gasteiger partial charge in [0.05, 0.1) is 8.07 Å². The van der Waals surface area contributed by atoms with Gasteiger partial charge >= 0.3 is 0 Å². The highest BCUT2D eigenvalue weighted by molar-refractivity contribution is 6.77. The van der Waals surface area contributed by atoms with Crippen LogP contribution in [0.4, 0.5) is 0 Å². The van der Waals surface area contributed by atoms with Crippen molar-refractivity contribution in [2.24, 2.45) is 0 Å². The summed E-state index contributed by atoms with van der Waals surface area (Å²) in [5, 5.41) is 0. The van der Waals surface area contributed by atoms with Crippen LogP contribution in [0.3, 0.4) is 0 Å². The van der Waals surface area contributed by atoms with E-state index < -0.39 is 8.07 Å². The van der Waals surface area contributed by atoms with Crippen molar-refractivity contribution in [1.29, 1.82) is 0 Å². The van der Waals surface area contributed by atoms with Crippen LogP contribution in [0.15, 0.2) is 12.3 Å². The van der Waals surface area contributed by atoms with Crippen LogP contribution in [0.2, 0.25) is 25.2 Å². The van der Waals surface area contributed by atoms with Gasteiger partial charge in [0.1, 0.15) is 0 Å². The fourth-order valence-corrected chi connectivity index (χ4v) is 3.58. The number of hydrogen-bond acceptors (Lipinski definition) is 1. The van der Waals surface area contributed by atoms with Crippen molar-refractivity contribution in [2.75, 3.05) is 13.1 Å². The minimum atomic E-state index is -0.966. The topological polar surface area (TPSA) is 3.24 Å². The molecule has 1 aliphatic heterocycles. The zero-order valence-electron chi connectivity index (χ0n) is 10.1. The Balaban J connectivity index is 2.40. The summed E-state index contributed by atoms with van der Waals surface area (Å²) < 4.78 is 0. The van der Waals surface area contributed by atoms with Crippen molar-refractivity contribution < 1.29 is 0 Å². The third-order valence-corrected chi connectivity index (χ3v) is 6.72. The highest BCUT2D eigenvalue weighted by atomic mass is 28.3. The van der Waals surface area contributed by atoms with Crippen LogP contribution in [0.5, 0.6) is 0 Å². The van der Waals surface area contributed by atoms with E-state index in [1.807, 2.05) is 0 Å². The summed E-state index contributed by atoms with van der Waals surface area (Å²) in [5.74, 6) is 0. The molecule has 1 heterocycles. The number of rotatable bonds is 4. The van der Waals surface area contributed by atoms with Crippen LogP contribution < -0.4 is 0 Å².